The number of aliphatic hydroxyl groups is 1. The van der Waals surface area contributed by atoms with E-state index < -0.39 is 0 Å². The Kier molecular flexibility index (Phi) is 8.54. The number of hydrogen-bond acceptors (Lipinski definition) is 4. The second kappa shape index (κ2) is 10.8. The number of aryl methyl sites for hydroxylation is 2. The van der Waals surface area contributed by atoms with E-state index in [4.69, 9.17) is 10.1 Å². The number of hydrogen-bond donors (Lipinski definition) is 1. The maximum Gasteiger partial charge on any atom is 0.155 e. The first-order valence-corrected chi connectivity index (χ1v) is 13.4. The van der Waals surface area contributed by atoms with E-state index >= 15 is 0 Å². The van der Waals surface area contributed by atoms with Gasteiger partial charge in [0.15, 0.2) is 5.78 Å². The summed E-state index contributed by atoms with van der Waals surface area (Å²) in [4.78, 5) is 14.8. The molecule has 2 heterocycles. The van der Waals surface area contributed by atoms with Gasteiger partial charge in [0.25, 0.3) is 0 Å². The molecule has 0 bridgehead atoms. The molecule has 2 aromatic carbocycles. The van der Waals surface area contributed by atoms with Gasteiger partial charge in [-0.05, 0) is 85.1 Å². The second-order valence-electron chi connectivity index (χ2n) is 11.3. The quantitative estimate of drug-likeness (QED) is 0.130. The van der Waals surface area contributed by atoms with Crippen LogP contribution in [0.15, 0.2) is 48.4 Å². The minimum absolute atomic E-state index is 0. The van der Waals surface area contributed by atoms with Crippen LogP contribution in [0.3, 0.4) is 0 Å². The molecule has 4 aromatic rings. The van der Waals surface area contributed by atoms with Gasteiger partial charge >= 0.3 is 0 Å². The predicted molar refractivity (Wildman–Crippen MR) is 153 cm³/mol. The Labute approximate surface area is 238 Å². The third-order valence-electron chi connectivity index (χ3n) is 7.43. The van der Waals surface area contributed by atoms with Crippen molar-refractivity contribution in [1.29, 1.82) is 0 Å². The molecule has 0 unspecified atom stereocenters. The summed E-state index contributed by atoms with van der Waals surface area (Å²) >= 11 is 1.92. The SMILES string of the molecule is CC(=O)/C=C(/C)O.Cc1c2c(c(C)c3c1sc1c(-c4[c-]cccc4)nccc13)C(C)(C)CCC2(C)C.[Ir]. The molecule has 37 heavy (non-hydrogen) atoms. The van der Waals surface area contributed by atoms with Crippen molar-refractivity contribution in [1.82, 2.24) is 4.98 Å². The molecule has 5 rings (SSSR count). The number of carbonyl (C=O) groups excluding carboxylic acids is 1. The zero-order valence-electron chi connectivity index (χ0n) is 23.0. The van der Waals surface area contributed by atoms with Crippen LogP contribution in [-0.4, -0.2) is 15.9 Å². The van der Waals surface area contributed by atoms with Gasteiger partial charge < -0.3 is 10.1 Å². The van der Waals surface area contributed by atoms with Crippen molar-refractivity contribution in [3.8, 4) is 11.3 Å². The van der Waals surface area contributed by atoms with Crippen LogP contribution in [0, 0.1) is 19.9 Å². The fourth-order valence-corrected chi connectivity index (χ4v) is 7.23. The predicted octanol–water partition coefficient (Wildman–Crippen LogP) is 8.92. The van der Waals surface area contributed by atoms with Crippen molar-refractivity contribution in [3.05, 3.63) is 76.7 Å². The van der Waals surface area contributed by atoms with Gasteiger partial charge in [-0.1, -0.05) is 27.7 Å². The molecule has 1 radical (unpaired) electrons. The minimum Gasteiger partial charge on any atom is -0.512 e. The fourth-order valence-electron chi connectivity index (χ4n) is 5.87. The summed E-state index contributed by atoms with van der Waals surface area (Å²) in [6.07, 6.45) is 5.62. The van der Waals surface area contributed by atoms with Gasteiger partial charge in [0.05, 0.1) is 5.76 Å². The van der Waals surface area contributed by atoms with Crippen molar-refractivity contribution in [2.75, 3.05) is 0 Å². The average Bonchev–Trinajstić information content (AvgIpc) is 3.20. The van der Waals surface area contributed by atoms with Gasteiger partial charge in [-0.25, -0.2) is 0 Å². The van der Waals surface area contributed by atoms with Crippen molar-refractivity contribution >= 4 is 37.3 Å². The van der Waals surface area contributed by atoms with E-state index in [1.165, 1.54) is 64.1 Å². The summed E-state index contributed by atoms with van der Waals surface area (Å²) in [7, 11) is 0. The van der Waals surface area contributed by atoms with Gasteiger partial charge in [0.1, 0.15) is 0 Å². The van der Waals surface area contributed by atoms with E-state index in [0.717, 1.165) is 11.3 Å². The summed E-state index contributed by atoms with van der Waals surface area (Å²) in [5.41, 5.74) is 8.68. The van der Waals surface area contributed by atoms with Crippen molar-refractivity contribution in [2.24, 2.45) is 0 Å². The zero-order valence-corrected chi connectivity index (χ0v) is 26.2. The monoisotopic (exact) mass is 691 g/mol. The summed E-state index contributed by atoms with van der Waals surface area (Å²) in [5.74, 6) is -0.0625. The average molecular weight is 691 g/mol. The van der Waals surface area contributed by atoms with Crippen LogP contribution in [0.2, 0.25) is 0 Å². The number of thiophene rings is 1. The van der Waals surface area contributed by atoms with Crippen LogP contribution in [-0.2, 0) is 35.7 Å². The Hall–Kier alpha value is -2.33. The standard InChI is InChI=1S/C27H28NS.C5H8O2.Ir/c1-16-20-19-12-15-28-23(18-10-8-7-9-11-18)25(19)29-24(20)17(2)22-21(16)26(3,4)13-14-27(22,5)6;1-4(6)3-5(2)7;/h7-10,12,15H,13-14H2,1-6H3;3,6H,1-2H3;/q-1;;/b;4-3-;. The van der Waals surface area contributed by atoms with Crippen LogP contribution in [0.1, 0.15) is 76.6 Å². The first-order chi connectivity index (χ1) is 16.8. The largest absolute Gasteiger partial charge is 0.512 e. The van der Waals surface area contributed by atoms with Crippen LogP contribution in [0.4, 0.5) is 0 Å². The molecule has 3 nitrogen and oxygen atoms in total. The number of ketones is 1. The van der Waals surface area contributed by atoms with Gasteiger partial charge in [0, 0.05) is 52.9 Å². The first kappa shape index (κ1) is 29.2. The number of aliphatic hydroxyl groups excluding tert-OH is 1. The van der Waals surface area contributed by atoms with E-state index in [1.54, 1.807) is 11.1 Å². The number of rotatable bonds is 2. The normalized spacial score (nSPS) is 15.9. The maximum absolute atomic E-state index is 10.0. The van der Waals surface area contributed by atoms with E-state index in [9.17, 15) is 4.79 Å². The number of fused-ring (bicyclic) bond motifs is 4. The Balaban J connectivity index is 0.000000422. The van der Waals surface area contributed by atoms with E-state index in [-0.39, 0.29) is 42.5 Å². The Morgan fingerprint density at radius 2 is 1.62 bits per heavy atom. The number of pyridine rings is 1. The molecule has 0 fully saturated rings. The van der Waals surface area contributed by atoms with E-state index in [2.05, 4.69) is 65.8 Å². The molecule has 0 saturated heterocycles. The van der Waals surface area contributed by atoms with Crippen molar-refractivity contribution < 1.29 is 30.0 Å². The Morgan fingerprint density at radius 1 is 1.00 bits per heavy atom. The van der Waals surface area contributed by atoms with E-state index in [1.807, 2.05) is 29.7 Å². The van der Waals surface area contributed by atoms with Crippen LogP contribution >= 0.6 is 11.3 Å². The molecule has 0 atom stereocenters. The number of nitrogens with zero attached hydrogens (tertiary/aromatic N) is 1. The fraction of sp³-hybridized carbons (Fsp3) is 0.375. The molecule has 0 saturated carbocycles. The number of allylic oxidation sites excluding steroid dienone is 2. The van der Waals surface area contributed by atoms with E-state index in [0.29, 0.717) is 0 Å². The molecule has 1 N–H and O–H groups in total. The molecular weight excluding hydrogens is 655 g/mol. The summed E-state index contributed by atoms with van der Waals surface area (Å²) in [5, 5.41) is 11.1. The molecule has 197 valence electrons. The van der Waals surface area contributed by atoms with Gasteiger partial charge in [0.2, 0.25) is 0 Å². The summed E-state index contributed by atoms with van der Waals surface area (Å²) in [6.45, 7) is 17.3. The van der Waals surface area contributed by atoms with Gasteiger partial charge in [-0.2, -0.15) is 0 Å². The molecular formula is C32H36IrNO2S-. The first-order valence-electron chi connectivity index (χ1n) is 12.6. The summed E-state index contributed by atoms with van der Waals surface area (Å²) in [6, 6.07) is 13.8. The smallest absolute Gasteiger partial charge is 0.155 e. The topological polar surface area (TPSA) is 50.2 Å². The van der Waals surface area contributed by atoms with Crippen molar-refractivity contribution in [3.63, 3.8) is 0 Å². The molecule has 1 aliphatic carbocycles. The van der Waals surface area contributed by atoms with Gasteiger partial charge in [-0.15, -0.1) is 47.2 Å². The molecule has 0 amide bonds. The molecule has 1 aliphatic rings. The van der Waals surface area contributed by atoms with Crippen molar-refractivity contribution in [2.45, 2.75) is 79.1 Å². The Bertz CT molecular complexity index is 1490. The molecule has 5 heteroatoms. The number of benzene rings is 2. The molecule has 2 aromatic heterocycles. The Morgan fingerprint density at radius 3 is 2.14 bits per heavy atom. The van der Waals surface area contributed by atoms with Crippen LogP contribution < -0.4 is 0 Å². The molecule has 0 spiro atoms. The van der Waals surface area contributed by atoms with Crippen LogP contribution in [0.5, 0.6) is 0 Å². The number of aromatic nitrogens is 1. The number of carbonyl (C=O) groups is 1. The molecule has 0 aliphatic heterocycles. The second-order valence-corrected chi connectivity index (χ2v) is 12.3. The minimum atomic E-state index is -0.125. The van der Waals surface area contributed by atoms with Gasteiger partial charge in [-0.3, -0.25) is 4.79 Å². The summed E-state index contributed by atoms with van der Waals surface area (Å²) < 4.78 is 2.72. The zero-order chi connectivity index (χ0) is 26.4. The maximum atomic E-state index is 10.0. The van der Waals surface area contributed by atoms with Crippen LogP contribution in [0.25, 0.3) is 31.4 Å². The third-order valence-corrected chi connectivity index (χ3v) is 8.76. The third kappa shape index (κ3) is 5.46.